The molecule has 8 heteroatoms. The van der Waals surface area contributed by atoms with Gasteiger partial charge in [0.25, 0.3) is 0 Å². The fourth-order valence-corrected chi connectivity index (χ4v) is 8.33. The molecule has 0 fully saturated rings. The van der Waals surface area contributed by atoms with Crippen LogP contribution in [0, 0.1) is 18.8 Å². The van der Waals surface area contributed by atoms with Crippen molar-refractivity contribution < 1.29 is 25.6 Å². The number of rotatable bonds is 8. The number of benzene rings is 7. The molecule has 0 atom stereocenters. The molecule has 0 saturated heterocycles. The number of hydrogen-bond donors (Lipinski definition) is 0. The monoisotopic (exact) mass is 937 g/mol. The molecule has 0 aliphatic carbocycles. The first-order chi connectivity index (χ1) is 28.8. The molecule has 11 rings (SSSR count). The van der Waals surface area contributed by atoms with Crippen LogP contribution in [0.5, 0.6) is 0 Å². The molecule has 0 saturated carbocycles. The van der Waals surface area contributed by atoms with Crippen molar-refractivity contribution in [2.75, 3.05) is 9.80 Å². The second kappa shape index (κ2) is 15.4. The Morgan fingerprint density at radius 3 is 1.97 bits per heavy atom. The van der Waals surface area contributed by atoms with Crippen LogP contribution >= 0.6 is 0 Å². The van der Waals surface area contributed by atoms with Crippen molar-refractivity contribution in [2.45, 2.75) is 0 Å². The Labute approximate surface area is 357 Å². The first-order valence-electron chi connectivity index (χ1n) is 19.4. The Morgan fingerprint density at radius 1 is 0.542 bits per heavy atom. The Morgan fingerprint density at radius 2 is 1.20 bits per heavy atom. The van der Waals surface area contributed by atoms with Crippen LogP contribution in [0.25, 0.3) is 50.2 Å². The van der Waals surface area contributed by atoms with Crippen LogP contribution in [-0.2, 0) is 21.1 Å². The van der Waals surface area contributed by atoms with Gasteiger partial charge in [-0.2, -0.15) is 53.4 Å². The van der Waals surface area contributed by atoms with E-state index in [1.165, 1.54) is 0 Å². The van der Waals surface area contributed by atoms with Crippen LogP contribution in [0.1, 0.15) is 0 Å². The van der Waals surface area contributed by atoms with Crippen LogP contribution in [-0.4, -0.2) is 21.4 Å². The van der Waals surface area contributed by atoms with E-state index in [1.54, 1.807) is 0 Å². The third kappa shape index (κ3) is 6.35. The minimum absolute atomic E-state index is 0. The minimum Gasteiger partial charge on any atom is -0.493 e. The molecule has 10 aromatic rings. The van der Waals surface area contributed by atoms with E-state index in [9.17, 15) is 0 Å². The minimum atomic E-state index is -0.390. The maximum absolute atomic E-state index is 6.41. The van der Waals surface area contributed by atoms with E-state index in [0.29, 0.717) is 5.76 Å². The summed E-state index contributed by atoms with van der Waals surface area (Å²) in [5.41, 5.74) is 11.7. The molecule has 284 valence electrons. The van der Waals surface area contributed by atoms with E-state index in [-0.39, 0.29) is 27.8 Å². The molecule has 4 heterocycles. The number of fused-ring (bicyclic) bond motifs is 4. The largest absolute Gasteiger partial charge is 0.493 e. The van der Waals surface area contributed by atoms with E-state index >= 15 is 0 Å². The molecule has 1 aliphatic heterocycles. The van der Waals surface area contributed by atoms with Crippen LogP contribution in [0.4, 0.5) is 22.7 Å². The smallest absolute Gasteiger partial charge is 0.199 e. The maximum Gasteiger partial charge on any atom is 0.199 e. The predicted molar refractivity (Wildman–Crippen MR) is 236 cm³/mol. The van der Waals surface area contributed by atoms with Gasteiger partial charge in [0.15, 0.2) is 12.5 Å². The topological polar surface area (TPSA) is 50.3 Å². The van der Waals surface area contributed by atoms with Crippen molar-refractivity contribution in [3.8, 4) is 28.4 Å². The van der Waals surface area contributed by atoms with Crippen molar-refractivity contribution in [3.05, 3.63) is 213 Å². The van der Waals surface area contributed by atoms with E-state index in [2.05, 4.69) is 161 Å². The zero-order valence-corrected chi connectivity index (χ0v) is 33.9. The summed E-state index contributed by atoms with van der Waals surface area (Å²) in [6.45, 7) is 1.76. The molecule has 59 heavy (non-hydrogen) atoms. The molecule has 0 N–H and O–H groups in total. The van der Waals surface area contributed by atoms with Crippen LogP contribution in [0.15, 0.2) is 199 Å². The number of anilines is 4. The quantitative estimate of drug-likeness (QED) is 0.112. The van der Waals surface area contributed by atoms with E-state index < -0.39 is 0 Å². The van der Waals surface area contributed by atoms with Crippen molar-refractivity contribution in [1.29, 1.82) is 0 Å². The summed E-state index contributed by atoms with van der Waals surface area (Å²) in [6.07, 6.45) is 1.84. The van der Waals surface area contributed by atoms with Crippen LogP contribution in [0.2, 0.25) is 0 Å². The number of nitrogens with zero attached hydrogens (tertiary/aromatic N) is 5. The van der Waals surface area contributed by atoms with Gasteiger partial charge >= 0.3 is 0 Å². The molecule has 1 aliphatic rings. The summed E-state index contributed by atoms with van der Waals surface area (Å²) in [5, 5.41) is 7.07. The predicted octanol–water partition coefficient (Wildman–Crippen LogP) is 10.0. The third-order valence-corrected chi connectivity index (χ3v) is 10.9. The van der Waals surface area contributed by atoms with Gasteiger partial charge in [-0.3, -0.25) is 0 Å². The van der Waals surface area contributed by atoms with Gasteiger partial charge in [0.1, 0.15) is 11.5 Å². The van der Waals surface area contributed by atoms with Gasteiger partial charge in [0.05, 0.1) is 0 Å². The number of pyridine rings is 1. The first kappa shape index (κ1) is 36.4. The van der Waals surface area contributed by atoms with Crippen molar-refractivity contribution in [1.82, 2.24) is 14.7 Å². The zero-order chi connectivity index (χ0) is 38.4. The number of aromatic nitrogens is 3. The summed E-state index contributed by atoms with van der Waals surface area (Å²) >= 11 is 0. The van der Waals surface area contributed by atoms with E-state index in [1.807, 2.05) is 66.9 Å². The maximum atomic E-state index is 6.41. The SMILES string of the molecule is [Pt].[c-]1c(B(c2[c-]c3c(cc2)c2ccccc2n3-c2ccccn2)c2c(-c3ccccc3)noc2-c2ccccc2)cccc1N1[CH-]N(c2ccccc2)c2ccccc21. The summed E-state index contributed by atoms with van der Waals surface area (Å²) in [5.74, 6) is 1.54. The van der Waals surface area contributed by atoms with E-state index in [4.69, 9.17) is 14.7 Å². The summed E-state index contributed by atoms with van der Waals surface area (Å²) < 4.78 is 8.62. The second-order valence-electron chi connectivity index (χ2n) is 14.3. The molecule has 0 bridgehead atoms. The van der Waals surface area contributed by atoms with Crippen molar-refractivity contribution in [2.24, 2.45) is 0 Å². The molecule has 0 spiro atoms. The van der Waals surface area contributed by atoms with Gasteiger partial charge < -0.3 is 18.9 Å². The summed E-state index contributed by atoms with van der Waals surface area (Å²) in [6, 6.07) is 72.7. The standard InChI is InChI=1S/C51H33BN5O.Pt/c1-4-17-36(18-5-1)50-49(51(58-54-50)37-19-6-2-7-20-37)52(39-30-31-43-42-25-10-11-26-44(42)57(47(43)34-39)48-29-14-15-32-53-48)38-21-16-24-41(33-38)56-35-55(40-22-8-3-9-23-40)45-27-12-13-28-46(45)56;/h1-32,35H;/q-3;. The number of hydrogen-bond acceptors (Lipinski definition) is 5. The average Bonchev–Trinajstić information content (AvgIpc) is 4.00. The van der Waals surface area contributed by atoms with Gasteiger partial charge in [-0.15, -0.1) is 17.7 Å². The fourth-order valence-electron chi connectivity index (χ4n) is 8.33. The molecule has 0 unspecified atom stereocenters. The van der Waals surface area contributed by atoms with Gasteiger partial charge in [0.2, 0.25) is 0 Å². The first-order valence-corrected chi connectivity index (χ1v) is 19.4. The molecular formula is C51H33BN5OPt-3. The van der Waals surface area contributed by atoms with Crippen LogP contribution in [0.3, 0.4) is 0 Å². The van der Waals surface area contributed by atoms with Gasteiger partial charge in [-0.05, 0) is 47.9 Å². The van der Waals surface area contributed by atoms with E-state index in [0.717, 1.165) is 83.6 Å². The zero-order valence-electron chi connectivity index (χ0n) is 31.6. The van der Waals surface area contributed by atoms with Crippen molar-refractivity contribution in [3.63, 3.8) is 0 Å². The van der Waals surface area contributed by atoms with Crippen molar-refractivity contribution >= 4 is 67.7 Å². The van der Waals surface area contributed by atoms with Gasteiger partial charge in [-0.1, -0.05) is 126 Å². The Bertz CT molecular complexity index is 3010. The Kier molecular flexibility index (Phi) is 9.52. The normalized spacial score (nSPS) is 12.1. The molecule has 3 aromatic heterocycles. The van der Waals surface area contributed by atoms with Gasteiger partial charge in [0, 0.05) is 66.4 Å². The second-order valence-corrected chi connectivity index (χ2v) is 14.3. The summed E-state index contributed by atoms with van der Waals surface area (Å²) in [4.78, 5) is 9.26. The Balaban J connectivity index is 0.00000420. The molecule has 0 amide bonds. The number of para-hydroxylation sites is 4. The Hall–Kier alpha value is -6.95. The molecule has 7 aromatic carbocycles. The summed E-state index contributed by atoms with van der Waals surface area (Å²) in [7, 11) is 0. The van der Waals surface area contributed by atoms with Gasteiger partial charge in [-0.25, -0.2) is 4.98 Å². The molecular weight excluding hydrogens is 904 g/mol. The molecule has 0 radical (unpaired) electrons. The third-order valence-electron chi connectivity index (χ3n) is 10.9. The van der Waals surface area contributed by atoms with Crippen LogP contribution < -0.4 is 26.2 Å². The molecule has 6 nitrogen and oxygen atoms in total. The average molecular weight is 938 g/mol. The fraction of sp³-hybridized carbons (Fsp3) is 0.